The van der Waals surface area contributed by atoms with Gasteiger partial charge in [0.25, 0.3) is 0 Å². The molecule has 1 N–H and O–H groups in total. The molecule has 0 radical (unpaired) electrons. The van der Waals surface area contributed by atoms with Crippen LogP contribution in [0.2, 0.25) is 0 Å². The van der Waals surface area contributed by atoms with Crippen LogP contribution in [0.4, 0.5) is 0 Å². The number of halogens is 2. The van der Waals surface area contributed by atoms with Crippen molar-refractivity contribution in [3.8, 4) is 5.75 Å². The minimum Gasteiger partial charge on any atom is -0.506 e. The minimum absolute atomic E-state index is 0.276. The van der Waals surface area contributed by atoms with Crippen LogP contribution in [0.1, 0.15) is 38.2 Å². The van der Waals surface area contributed by atoms with Gasteiger partial charge in [-0.2, -0.15) is 0 Å². The minimum atomic E-state index is 0.276. The van der Waals surface area contributed by atoms with Crippen molar-refractivity contribution < 1.29 is 5.11 Å². The Labute approximate surface area is 132 Å². The smallest absolute Gasteiger partial charge is 0.143 e. The fourth-order valence-electron chi connectivity index (χ4n) is 2.81. The molecule has 1 aliphatic rings. The number of phenolic OH excluding ortho intramolecular Hbond substituents is 1. The van der Waals surface area contributed by atoms with E-state index in [0.717, 1.165) is 21.4 Å². The van der Waals surface area contributed by atoms with Gasteiger partial charge in [-0.1, -0.05) is 6.92 Å². The molecule has 2 nitrogen and oxygen atoms in total. The molecule has 0 aliphatic heterocycles. The summed E-state index contributed by atoms with van der Waals surface area (Å²) in [6.07, 6.45) is 5.30. The van der Waals surface area contributed by atoms with E-state index >= 15 is 0 Å². The molecule has 1 saturated carbocycles. The van der Waals surface area contributed by atoms with Crippen molar-refractivity contribution in [2.45, 2.75) is 45.2 Å². The summed E-state index contributed by atoms with van der Waals surface area (Å²) in [6, 6.07) is 4.70. The first-order chi connectivity index (χ1) is 8.97. The third-order valence-corrected chi connectivity index (χ3v) is 5.33. The van der Waals surface area contributed by atoms with Crippen LogP contribution < -0.4 is 0 Å². The highest BCUT2D eigenvalue weighted by Gasteiger charge is 2.21. The van der Waals surface area contributed by atoms with E-state index in [9.17, 15) is 5.11 Å². The Hall–Kier alpha value is -0.0600. The Kier molecular flexibility index (Phi) is 5.32. The van der Waals surface area contributed by atoms with Crippen LogP contribution in [0.5, 0.6) is 5.75 Å². The summed E-state index contributed by atoms with van der Waals surface area (Å²) in [4.78, 5) is 2.44. The van der Waals surface area contributed by atoms with Crippen LogP contribution >= 0.6 is 31.9 Å². The molecule has 1 aliphatic carbocycles. The van der Waals surface area contributed by atoms with E-state index in [2.05, 4.69) is 50.7 Å². The zero-order chi connectivity index (χ0) is 14.0. The third-order valence-electron chi connectivity index (χ3n) is 4.12. The molecule has 1 aromatic carbocycles. The summed E-state index contributed by atoms with van der Waals surface area (Å²) in [5.41, 5.74) is 1.22. The van der Waals surface area contributed by atoms with Crippen LogP contribution in [0.3, 0.4) is 0 Å². The molecule has 0 atom stereocenters. The van der Waals surface area contributed by atoms with Crippen LogP contribution in [0, 0.1) is 5.92 Å². The highest BCUT2D eigenvalue weighted by Crippen LogP contribution is 2.34. The summed E-state index contributed by atoms with van der Waals surface area (Å²) in [5, 5.41) is 9.74. The van der Waals surface area contributed by atoms with Gasteiger partial charge in [0.2, 0.25) is 0 Å². The first-order valence-corrected chi connectivity index (χ1v) is 8.43. The van der Waals surface area contributed by atoms with E-state index in [0.29, 0.717) is 6.04 Å². The van der Waals surface area contributed by atoms with Crippen molar-refractivity contribution in [3.05, 3.63) is 26.6 Å². The monoisotopic (exact) mass is 389 g/mol. The maximum atomic E-state index is 9.74. The number of hydrogen-bond donors (Lipinski definition) is 1. The van der Waals surface area contributed by atoms with Gasteiger partial charge in [0.15, 0.2) is 0 Å². The molecule has 106 valence electrons. The van der Waals surface area contributed by atoms with E-state index in [1.807, 2.05) is 12.1 Å². The topological polar surface area (TPSA) is 23.5 Å². The van der Waals surface area contributed by atoms with E-state index in [4.69, 9.17) is 0 Å². The molecule has 19 heavy (non-hydrogen) atoms. The van der Waals surface area contributed by atoms with Gasteiger partial charge >= 0.3 is 0 Å². The number of nitrogens with zero attached hydrogens (tertiary/aromatic N) is 1. The van der Waals surface area contributed by atoms with Gasteiger partial charge in [-0.25, -0.2) is 0 Å². The van der Waals surface area contributed by atoms with E-state index in [-0.39, 0.29) is 5.75 Å². The number of phenols is 1. The first-order valence-electron chi connectivity index (χ1n) is 6.84. The second-order valence-electron chi connectivity index (χ2n) is 5.74. The van der Waals surface area contributed by atoms with Crippen LogP contribution in [0.25, 0.3) is 0 Å². The standard InChI is InChI=1S/C15H21Br2NO/c1-10-3-5-12(6-4-10)18(2)9-11-7-13(16)15(19)14(17)8-11/h7-8,10,12,19H,3-6,9H2,1-2H3. The predicted molar refractivity (Wildman–Crippen MR) is 86.4 cm³/mol. The molecule has 2 rings (SSSR count). The molecule has 1 fully saturated rings. The lowest BCUT2D eigenvalue weighted by molar-refractivity contribution is 0.164. The largest absolute Gasteiger partial charge is 0.506 e. The number of rotatable bonds is 3. The molecule has 4 heteroatoms. The van der Waals surface area contributed by atoms with E-state index in [1.165, 1.54) is 31.2 Å². The number of hydrogen-bond acceptors (Lipinski definition) is 2. The fourth-order valence-corrected chi connectivity index (χ4v) is 4.09. The maximum Gasteiger partial charge on any atom is 0.143 e. The van der Waals surface area contributed by atoms with Gasteiger partial charge in [0.1, 0.15) is 5.75 Å². The average molecular weight is 391 g/mol. The zero-order valence-electron chi connectivity index (χ0n) is 11.5. The fraction of sp³-hybridized carbons (Fsp3) is 0.600. The van der Waals surface area contributed by atoms with Crippen LogP contribution in [-0.2, 0) is 6.54 Å². The molecule has 0 spiro atoms. The zero-order valence-corrected chi connectivity index (χ0v) is 14.7. The normalized spacial score (nSPS) is 23.8. The van der Waals surface area contributed by atoms with Gasteiger partial charge in [-0.15, -0.1) is 0 Å². The van der Waals surface area contributed by atoms with Crippen molar-refractivity contribution in [2.75, 3.05) is 7.05 Å². The average Bonchev–Trinajstić information content (AvgIpc) is 2.36. The Morgan fingerprint density at radius 2 is 1.68 bits per heavy atom. The third kappa shape index (κ3) is 3.96. The highest BCUT2D eigenvalue weighted by molar-refractivity contribution is 9.11. The predicted octanol–water partition coefficient (Wildman–Crippen LogP) is 4.93. The van der Waals surface area contributed by atoms with Crippen molar-refractivity contribution in [1.29, 1.82) is 0 Å². The lowest BCUT2D eigenvalue weighted by atomic mass is 9.86. The van der Waals surface area contributed by atoms with Crippen molar-refractivity contribution >= 4 is 31.9 Å². The van der Waals surface area contributed by atoms with Gasteiger partial charge < -0.3 is 5.11 Å². The van der Waals surface area contributed by atoms with E-state index < -0.39 is 0 Å². The van der Waals surface area contributed by atoms with Crippen molar-refractivity contribution in [2.24, 2.45) is 5.92 Å². The highest BCUT2D eigenvalue weighted by atomic mass is 79.9. The van der Waals surface area contributed by atoms with Gasteiger partial charge in [-0.3, -0.25) is 4.90 Å². The van der Waals surface area contributed by atoms with Gasteiger partial charge in [-0.05, 0) is 88.2 Å². The summed E-state index contributed by atoms with van der Waals surface area (Å²) in [5.74, 6) is 1.17. The molecule has 0 bridgehead atoms. The Balaban J connectivity index is 2.00. The second kappa shape index (κ2) is 6.59. The van der Waals surface area contributed by atoms with Crippen molar-refractivity contribution in [3.63, 3.8) is 0 Å². The number of benzene rings is 1. The lowest BCUT2D eigenvalue weighted by Gasteiger charge is -2.33. The molecule has 1 aromatic rings. The molecule has 0 amide bonds. The Morgan fingerprint density at radius 3 is 2.21 bits per heavy atom. The molecule has 0 aromatic heterocycles. The Bertz CT molecular complexity index is 419. The van der Waals surface area contributed by atoms with E-state index in [1.54, 1.807) is 0 Å². The van der Waals surface area contributed by atoms with Crippen LogP contribution in [0.15, 0.2) is 21.1 Å². The lowest BCUT2D eigenvalue weighted by Crippen LogP contribution is -2.34. The summed E-state index contributed by atoms with van der Waals surface area (Å²) in [6.45, 7) is 3.28. The molecular formula is C15H21Br2NO. The molecule has 0 heterocycles. The summed E-state index contributed by atoms with van der Waals surface area (Å²) in [7, 11) is 2.20. The quantitative estimate of drug-likeness (QED) is 0.790. The molecule has 0 saturated heterocycles. The Morgan fingerprint density at radius 1 is 1.16 bits per heavy atom. The SMILES string of the molecule is CC1CCC(N(C)Cc2cc(Br)c(O)c(Br)c2)CC1. The van der Waals surface area contributed by atoms with Crippen molar-refractivity contribution in [1.82, 2.24) is 4.90 Å². The van der Waals surface area contributed by atoms with Crippen LogP contribution in [-0.4, -0.2) is 23.1 Å². The maximum absolute atomic E-state index is 9.74. The number of aromatic hydroxyl groups is 1. The summed E-state index contributed by atoms with van der Waals surface area (Å²) >= 11 is 6.78. The van der Waals surface area contributed by atoms with Gasteiger partial charge in [0, 0.05) is 12.6 Å². The molecule has 0 unspecified atom stereocenters. The van der Waals surface area contributed by atoms with Gasteiger partial charge in [0.05, 0.1) is 8.95 Å². The summed E-state index contributed by atoms with van der Waals surface area (Å²) < 4.78 is 1.50. The molecular weight excluding hydrogens is 370 g/mol. The first kappa shape index (κ1) is 15.3. The second-order valence-corrected chi connectivity index (χ2v) is 7.45.